The molecule has 0 fully saturated rings. The van der Waals surface area contributed by atoms with E-state index in [-0.39, 0.29) is 6.03 Å². The van der Waals surface area contributed by atoms with Gasteiger partial charge >= 0.3 is 6.03 Å². The molecule has 0 aliphatic carbocycles. The van der Waals surface area contributed by atoms with Gasteiger partial charge in [0, 0.05) is 30.2 Å². The zero-order valence-electron chi connectivity index (χ0n) is 14.4. The molecule has 1 atom stereocenters. The number of aryl methyl sites for hydroxylation is 1. The lowest BCUT2D eigenvalue weighted by Crippen LogP contribution is -2.34. The Morgan fingerprint density at radius 1 is 1.23 bits per heavy atom. The van der Waals surface area contributed by atoms with Crippen LogP contribution in [0.15, 0.2) is 60.9 Å². The van der Waals surface area contributed by atoms with Crippen molar-refractivity contribution in [1.82, 2.24) is 14.9 Å². The second-order valence-corrected chi connectivity index (χ2v) is 6.15. The number of carbonyl (C=O) groups excluding carboxylic acids is 1. The summed E-state index contributed by atoms with van der Waals surface area (Å²) in [6, 6.07) is 13.7. The first-order chi connectivity index (χ1) is 12.6. The highest BCUT2D eigenvalue weighted by molar-refractivity contribution is 6.30. The maximum atomic E-state index is 12.5. The van der Waals surface area contributed by atoms with Crippen LogP contribution in [-0.2, 0) is 7.05 Å². The van der Waals surface area contributed by atoms with Crippen molar-refractivity contribution in [1.29, 1.82) is 0 Å². The Hall–Kier alpha value is -2.99. The van der Waals surface area contributed by atoms with E-state index in [1.54, 1.807) is 37.6 Å². The van der Waals surface area contributed by atoms with E-state index in [9.17, 15) is 4.79 Å². The summed E-state index contributed by atoms with van der Waals surface area (Å²) >= 11 is 5.97. The zero-order chi connectivity index (χ0) is 18.5. The summed E-state index contributed by atoms with van der Waals surface area (Å²) in [5, 5.41) is 6.31. The minimum absolute atomic E-state index is 0.358. The minimum atomic E-state index is -0.440. The van der Waals surface area contributed by atoms with E-state index in [4.69, 9.17) is 16.3 Å². The molecule has 0 aliphatic rings. The number of hydrogen-bond acceptors (Lipinski definition) is 3. The molecule has 26 heavy (non-hydrogen) atoms. The third-order valence-corrected chi connectivity index (χ3v) is 4.14. The predicted octanol–water partition coefficient (Wildman–Crippen LogP) is 3.99. The standard InChI is InChI=1S/C19H19ClN4O2/c1-24-10-9-21-18(24)17(13-5-3-8-16(11-13)26-2)23-19(25)22-15-7-4-6-14(20)12-15/h3-12,17H,1-2H3,(H2,22,23,25)/t17-/m1/s1. The van der Waals surface area contributed by atoms with Crippen molar-refractivity contribution in [3.63, 3.8) is 0 Å². The Bertz CT molecular complexity index is 910. The van der Waals surface area contributed by atoms with E-state index in [1.165, 1.54) is 0 Å². The van der Waals surface area contributed by atoms with Crippen molar-refractivity contribution in [2.24, 2.45) is 7.05 Å². The molecule has 2 aromatic carbocycles. The molecule has 0 unspecified atom stereocenters. The molecule has 1 heterocycles. The van der Waals surface area contributed by atoms with Gasteiger partial charge in [-0.15, -0.1) is 0 Å². The van der Waals surface area contributed by atoms with Crippen LogP contribution in [0.4, 0.5) is 10.5 Å². The maximum Gasteiger partial charge on any atom is 0.320 e. The van der Waals surface area contributed by atoms with Crippen LogP contribution >= 0.6 is 11.6 Å². The Morgan fingerprint density at radius 2 is 2.04 bits per heavy atom. The van der Waals surface area contributed by atoms with Crippen LogP contribution in [0.5, 0.6) is 5.75 Å². The number of rotatable bonds is 5. The first-order valence-electron chi connectivity index (χ1n) is 8.01. The van der Waals surface area contributed by atoms with Crippen molar-refractivity contribution in [3.05, 3.63) is 77.3 Å². The highest BCUT2D eigenvalue weighted by Gasteiger charge is 2.21. The molecule has 0 aliphatic heterocycles. The topological polar surface area (TPSA) is 68.2 Å². The molecule has 3 aromatic rings. The van der Waals surface area contributed by atoms with E-state index in [0.29, 0.717) is 22.3 Å². The first-order valence-corrected chi connectivity index (χ1v) is 8.39. The van der Waals surface area contributed by atoms with Gasteiger partial charge in [0.2, 0.25) is 0 Å². The number of imidazole rings is 1. The summed E-state index contributed by atoms with van der Waals surface area (Å²) < 4.78 is 7.16. The highest BCUT2D eigenvalue weighted by Crippen LogP contribution is 2.24. The van der Waals surface area contributed by atoms with Gasteiger partial charge in [-0.3, -0.25) is 0 Å². The Labute approximate surface area is 156 Å². The highest BCUT2D eigenvalue weighted by atomic mass is 35.5. The third-order valence-electron chi connectivity index (χ3n) is 3.90. The van der Waals surface area contributed by atoms with Crippen LogP contribution in [0, 0.1) is 0 Å². The molecule has 3 rings (SSSR count). The molecule has 2 amide bonds. The Balaban J connectivity index is 1.86. The average molecular weight is 371 g/mol. The summed E-state index contributed by atoms with van der Waals surface area (Å²) in [7, 11) is 3.49. The fraction of sp³-hybridized carbons (Fsp3) is 0.158. The largest absolute Gasteiger partial charge is 0.497 e. The fourth-order valence-electron chi connectivity index (χ4n) is 2.64. The monoisotopic (exact) mass is 370 g/mol. The van der Waals surface area contributed by atoms with E-state index in [0.717, 1.165) is 5.56 Å². The molecule has 2 N–H and O–H groups in total. The van der Waals surface area contributed by atoms with Crippen LogP contribution in [-0.4, -0.2) is 22.7 Å². The molecule has 0 saturated heterocycles. The molecule has 0 bridgehead atoms. The van der Waals surface area contributed by atoms with Crippen molar-refractivity contribution in [3.8, 4) is 5.75 Å². The van der Waals surface area contributed by atoms with Crippen LogP contribution in [0.2, 0.25) is 5.02 Å². The lowest BCUT2D eigenvalue weighted by atomic mass is 10.1. The number of aromatic nitrogens is 2. The number of benzene rings is 2. The third kappa shape index (κ3) is 4.15. The minimum Gasteiger partial charge on any atom is -0.497 e. The van der Waals surface area contributed by atoms with Crippen LogP contribution < -0.4 is 15.4 Å². The molecule has 0 saturated carbocycles. The Morgan fingerprint density at radius 3 is 2.73 bits per heavy atom. The number of methoxy groups -OCH3 is 1. The average Bonchev–Trinajstić information content (AvgIpc) is 3.05. The number of nitrogens with zero attached hydrogens (tertiary/aromatic N) is 2. The van der Waals surface area contributed by atoms with Gasteiger partial charge in [0.05, 0.1) is 7.11 Å². The number of anilines is 1. The van der Waals surface area contributed by atoms with Gasteiger partial charge in [-0.25, -0.2) is 9.78 Å². The zero-order valence-corrected chi connectivity index (χ0v) is 15.2. The molecule has 0 radical (unpaired) electrons. The molecule has 0 spiro atoms. The second kappa shape index (κ2) is 7.93. The maximum absolute atomic E-state index is 12.5. The van der Waals surface area contributed by atoms with Gasteiger partial charge in [0.25, 0.3) is 0 Å². The quantitative estimate of drug-likeness (QED) is 0.713. The summed E-state index contributed by atoms with van der Waals surface area (Å²) in [5.41, 5.74) is 1.47. The first kappa shape index (κ1) is 17.8. The second-order valence-electron chi connectivity index (χ2n) is 5.71. The summed E-state index contributed by atoms with van der Waals surface area (Å²) in [4.78, 5) is 16.9. The Kier molecular flexibility index (Phi) is 5.43. The van der Waals surface area contributed by atoms with Crippen LogP contribution in [0.1, 0.15) is 17.4 Å². The molecular weight excluding hydrogens is 352 g/mol. The molecule has 134 valence electrons. The summed E-state index contributed by atoms with van der Waals surface area (Å²) in [6.07, 6.45) is 3.53. The number of halogens is 1. The molecule has 7 heteroatoms. The number of nitrogens with one attached hydrogen (secondary N) is 2. The van der Waals surface area contributed by atoms with Gasteiger partial charge in [-0.2, -0.15) is 0 Å². The SMILES string of the molecule is COc1cccc([C@@H](NC(=O)Nc2cccc(Cl)c2)c2nccn2C)c1. The smallest absolute Gasteiger partial charge is 0.320 e. The van der Waals surface area contributed by atoms with Crippen molar-refractivity contribution in [2.45, 2.75) is 6.04 Å². The van der Waals surface area contributed by atoms with E-state index in [2.05, 4.69) is 15.6 Å². The lowest BCUT2D eigenvalue weighted by Gasteiger charge is -2.20. The summed E-state index contributed by atoms with van der Waals surface area (Å²) in [6.45, 7) is 0. The normalized spacial score (nSPS) is 11.7. The predicted molar refractivity (Wildman–Crippen MR) is 102 cm³/mol. The van der Waals surface area contributed by atoms with Gasteiger partial charge in [-0.05, 0) is 35.9 Å². The van der Waals surface area contributed by atoms with Gasteiger partial charge in [0.1, 0.15) is 17.6 Å². The number of ether oxygens (including phenoxy) is 1. The van der Waals surface area contributed by atoms with Crippen LogP contribution in [0.25, 0.3) is 0 Å². The number of hydrogen-bond donors (Lipinski definition) is 2. The van der Waals surface area contributed by atoms with Gasteiger partial charge < -0.3 is 19.9 Å². The van der Waals surface area contributed by atoms with Crippen LogP contribution in [0.3, 0.4) is 0 Å². The summed E-state index contributed by atoms with van der Waals surface area (Å²) in [5.74, 6) is 1.42. The number of carbonyl (C=O) groups is 1. The van der Waals surface area contributed by atoms with Gasteiger partial charge in [0.15, 0.2) is 0 Å². The van der Waals surface area contributed by atoms with Crippen molar-refractivity contribution < 1.29 is 9.53 Å². The van der Waals surface area contributed by atoms with E-state index >= 15 is 0 Å². The van der Waals surface area contributed by atoms with E-state index < -0.39 is 6.04 Å². The van der Waals surface area contributed by atoms with Crippen molar-refractivity contribution in [2.75, 3.05) is 12.4 Å². The number of amides is 2. The number of urea groups is 1. The van der Waals surface area contributed by atoms with Gasteiger partial charge in [-0.1, -0.05) is 29.8 Å². The molecule has 6 nitrogen and oxygen atoms in total. The lowest BCUT2D eigenvalue weighted by molar-refractivity contribution is 0.249. The molecule has 1 aromatic heterocycles. The van der Waals surface area contributed by atoms with Crippen molar-refractivity contribution >= 4 is 23.3 Å². The fourth-order valence-corrected chi connectivity index (χ4v) is 2.83. The molecular formula is C19H19ClN4O2. The van der Waals surface area contributed by atoms with E-state index in [1.807, 2.05) is 42.1 Å².